The molecule has 1 fully saturated rings. The van der Waals surface area contributed by atoms with E-state index in [1.54, 1.807) is 4.90 Å². The molecule has 5 heteroatoms. The van der Waals surface area contributed by atoms with Crippen molar-refractivity contribution in [1.29, 1.82) is 0 Å². The Morgan fingerprint density at radius 1 is 1.08 bits per heavy atom. The molecule has 2 N–H and O–H groups in total. The van der Waals surface area contributed by atoms with Gasteiger partial charge in [0.1, 0.15) is 17.5 Å². The summed E-state index contributed by atoms with van der Waals surface area (Å²) in [5, 5.41) is 0. The number of ether oxygens (including phenoxy) is 1. The minimum Gasteiger partial charge on any atom is -0.457 e. The van der Waals surface area contributed by atoms with Crippen LogP contribution in [0.15, 0.2) is 54.6 Å². The van der Waals surface area contributed by atoms with Crippen molar-refractivity contribution in [2.75, 3.05) is 7.05 Å². The fourth-order valence-electron chi connectivity index (χ4n) is 2.96. The third kappa shape index (κ3) is 4.59. The predicted octanol–water partition coefficient (Wildman–Crippen LogP) is 3.08. The van der Waals surface area contributed by atoms with Crippen LogP contribution < -0.4 is 15.6 Å². The van der Waals surface area contributed by atoms with Gasteiger partial charge in [0.15, 0.2) is 0 Å². The van der Waals surface area contributed by atoms with Crippen molar-refractivity contribution in [3.8, 4) is 11.5 Å². The number of hydrogen-bond donors (Lipinski definition) is 2. The lowest BCUT2D eigenvalue weighted by molar-refractivity contribution is -0.132. The number of hydrogen-bond acceptors (Lipinski definition) is 4. The van der Waals surface area contributed by atoms with Gasteiger partial charge in [0.25, 0.3) is 0 Å². The monoisotopic (exact) mass is 339 g/mol. The molecule has 1 aliphatic rings. The van der Waals surface area contributed by atoms with Gasteiger partial charge >= 0.3 is 0 Å². The van der Waals surface area contributed by atoms with Crippen LogP contribution in [0.25, 0.3) is 0 Å². The smallest absolute Gasteiger partial charge is 0.241 e. The summed E-state index contributed by atoms with van der Waals surface area (Å²) in [5.41, 5.74) is 7.35. The van der Waals surface area contributed by atoms with E-state index in [2.05, 4.69) is 17.8 Å². The molecule has 1 amide bonds. The van der Waals surface area contributed by atoms with E-state index in [1.165, 1.54) is 0 Å². The molecule has 2 atom stereocenters. The highest BCUT2D eigenvalue weighted by atomic mass is 16.5. The molecule has 1 heterocycles. The summed E-state index contributed by atoms with van der Waals surface area (Å²) in [5.74, 6) is 1.72. The molecule has 0 radical (unpaired) electrons. The highest BCUT2D eigenvalue weighted by Gasteiger charge is 2.30. The summed E-state index contributed by atoms with van der Waals surface area (Å²) in [7, 11) is 1.84. The second-order valence-corrected chi connectivity index (χ2v) is 6.44. The van der Waals surface area contributed by atoms with Crippen LogP contribution in [-0.2, 0) is 11.3 Å². The fraction of sp³-hybridized carbons (Fsp3) is 0.350. The van der Waals surface area contributed by atoms with Crippen LogP contribution in [0, 0.1) is 0 Å². The average molecular weight is 339 g/mol. The number of benzene rings is 2. The lowest BCUT2D eigenvalue weighted by Crippen LogP contribution is -2.43. The van der Waals surface area contributed by atoms with Crippen LogP contribution >= 0.6 is 0 Å². The lowest BCUT2D eigenvalue weighted by Gasteiger charge is -2.21. The first kappa shape index (κ1) is 17.5. The minimum absolute atomic E-state index is 0.119. The molecule has 0 aromatic heterocycles. The third-order valence-corrected chi connectivity index (χ3v) is 4.47. The van der Waals surface area contributed by atoms with Crippen molar-refractivity contribution < 1.29 is 9.53 Å². The van der Waals surface area contributed by atoms with Crippen molar-refractivity contribution in [3.05, 3.63) is 60.2 Å². The number of nitrogens with one attached hydrogen (secondary N) is 2. The first-order chi connectivity index (χ1) is 12.2. The van der Waals surface area contributed by atoms with Gasteiger partial charge in [-0.25, -0.2) is 5.43 Å². The number of rotatable bonds is 6. The van der Waals surface area contributed by atoms with E-state index in [-0.39, 0.29) is 11.9 Å². The molecule has 5 nitrogen and oxygen atoms in total. The Bertz CT molecular complexity index is 688. The second kappa shape index (κ2) is 8.14. The Hall–Kier alpha value is -2.37. The van der Waals surface area contributed by atoms with Crippen LogP contribution in [0.1, 0.15) is 25.3 Å². The number of hydrazine groups is 1. The Morgan fingerprint density at radius 2 is 1.76 bits per heavy atom. The van der Waals surface area contributed by atoms with Gasteiger partial charge in [-0.3, -0.25) is 10.2 Å². The maximum atomic E-state index is 12.5. The maximum absolute atomic E-state index is 12.5. The van der Waals surface area contributed by atoms with Crippen molar-refractivity contribution in [3.63, 3.8) is 0 Å². The standard InChI is InChI=1S/C20H25N3O2/c1-3-16-13-19(22-21-16)20(24)23(2)14-15-9-11-18(12-10-15)25-17-7-5-4-6-8-17/h4-12,16,19,21-22H,3,13-14H2,1-2H3. The highest BCUT2D eigenvalue weighted by Crippen LogP contribution is 2.21. The number of para-hydroxylation sites is 1. The van der Waals surface area contributed by atoms with Gasteiger partial charge in [0.2, 0.25) is 5.91 Å². The number of nitrogens with zero attached hydrogens (tertiary/aromatic N) is 1. The SMILES string of the molecule is CCC1CC(C(=O)N(C)Cc2ccc(Oc3ccccc3)cc2)NN1. The zero-order valence-electron chi connectivity index (χ0n) is 14.7. The summed E-state index contributed by atoms with van der Waals surface area (Å²) in [6, 6.07) is 17.8. The molecule has 1 aliphatic heterocycles. The predicted molar refractivity (Wildman–Crippen MR) is 98.2 cm³/mol. The highest BCUT2D eigenvalue weighted by molar-refractivity contribution is 5.82. The molecule has 0 bridgehead atoms. The summed E-state index contributed by atoms with van der Waals surface area (Å²) in [6.07, 6.45) is 1.85. The molecule has 0 saturated carbocycles. The molecule has 0 spiro atoms. The Kier molecular flexibility index (Phi) is 5.68. The van der Waals surface area contributed by atoms with Crippen molar-refractivity contribution in [2.24, 2.45) is 0 Å². The molecule has 132 valence electrons. The Labute approximate surface area is 149 Å². The molecule has 1 saturated heterocycles. The normalized spacial score (nSPS) is 19.6. The van der Waals surface area contributed by atoms with E-state index in [0.717, 1.165) is 29.9 Å². The molecule has 0 aliphatic carbocycles. The van der Waals surface area contributed by atoms with E-state index < -0.39 is 0 Å². The Morgan fingerprint density at radius 3 is 2.40 bits per heavy atom. The summed E-state index contributed by atoms with van der Waals surface area (Å²) in [6.45, 7) is 2.70. The average Bonchev–Trinajstić information content (AvgIpc) is 3.13. The van der Waals surface area contributed by atoms with Gasteiger partial charge in [0.05, 0.1) is 0 Å². The fourth-order valence-corrected chi connectivity index (χ4v) is 2.96. The first-order valence-electron chi connectivity index (χ1n) is 8.73. The first-order valence-corrected chi connectivity index (χ1v) is 8.73. The van der Waals surface area contributed by atoms with Crippen molar-refractivity contribution in [2.45, 2.75) is 38.4 Å². The largest absolute Gasteiger partial charge is 0.457 e. The Balaban J connectivity index is 1.55. The van der Waals surface area contributed by atoms with Crippen LogP contribution in [0.2, 0.25) is 0 Å². The van der Waals surface area contributed by atoms with E-state index in [0.29, 0.717) is 12.6 Å². The van der Waals surface area contributed by atoms with Gasteiger partial charge in [-0.05, 0) is 42.7 Å². The number of likely N-dealkylation sites (N-methyl/N-ethyl adjacent to an activating group) is 1. The van der Waals surface area contributed by atoms with Gasteiger partial charge < -0.3 is 9.64 Å². The van der Waals surface area contributed by atoms with Gasteiger partial charge in [-0.2, -0.15) is 0 Å². The second-order valence-electron chi connectivity index (χ2n) is 6.44. The topological polar surface area (TPSA) is 53.6 Å². The van der Waals surface area contributed by atoms with Crippen molar-refractivity contribution in [1.82, 2.24) is 15.8 Å². The molecule has 3 rings (SSSR count). The minimum atomic E-state index is -0.143. The number of carbonyl (C=O) groups excluding carboxylic acids is 1. The van der Waals surface area contributed by atoms with Crippen LogP contribution in [0.5, 0.6) is 11.5 Å². The molecule has 2 aromatic rings. The van der Waals surface area contributed by atoms with E-state index in [4.69, 9.17) is 4.74 Å². The van der Waals surface area contributed by atoms with Crippen molar-refractivity contribution >= 4 is 5.91 Å². The quantitative estimate of drug-likeness (QED) is 0.849. The van der Waals surface area contributed by atoms with E-state index in [1.807, 2.05) is 61.6 Å². The van der Waals surface area contributed by atoms with Crippen LogP contribution in [0.3, 0.4) is 0 Å². The molecule has 2 aromatic carbocycles. The molecular weight excluding hydrogens is 314 g/mol. The molecule has 2 unspecified atom stereocenters. The number of amides is 1. The molecular formula is C20H25N3O2. The zero-order valence-corrected chi connectivity index (χ0v) is 14.7. The summed E-state index contributed by atoms with van der Waals surface area (Å²) < 4.78 is 5.79. The molecule has 25 heavy (non-hydrogen) atoms. The third-order valence-electron chi connectivity index (χ3n) is 4.47. The lowest BCUT2D eigenvalue weighted by atomic mass is 10.1. The van der Waals surface area contributed by atoms with Gasteiger partial charge in [-0.1, -0.05) is 37.3 Å². The van der Waals surface area contributed by atoms with Gasteiger partial charge in [0, 0.05) is 19.6 Å². The zero-order chi connectivity index (χ0) is 17.6. The summed E-state index contributed by atoms with van der Waals surface area (Å²) >= 11 is 0. The van der Waals surface area contributed by atoms with E-state index in [9.17, 15) is 4.79 Å². The number of carbonyl (C=O) groups is 1. The van der Waals surface area contributed by atoms with Crippen LogP contribution in [0.4, 0.5) is 0 Å². The van der Waals surface area contributed by atoms with E-state index >= 15 is 0 Å². The van der Waals surface area contributed by atoms with Gasteiger partial charge in [-0.15, -0.1) is 0 Å². The summed E-state index contributed by atoms with van der Waals surface area (Å²) in [4.78, 5) is 14.3. The van der Waals surface area contributed by atoms with Crippen LogP contribution in [-0.4, -0.2) is 29.9 Å². The maximum Gasteiger partial charge on any atom is 0.241 e.